The number of fused-ring (bicyclic) bond motifs is 2. The van der Waals surface area contributed by atoms with Crippen molar-refractivity contribution in [2.75, 3.05) is 35.0 Å². The van der Waals surface area contributed by atoms with Gasteiger partial charge in [-0.2, -0.15) is 0 Å². The Hall–Kier alpha value is -5.74. The number of nitrogens with zero attached hydrogens (tertiary/aromatic N) is 5. The molecule has 19 nitrogen and oxygen atoms in total. The van der Waals surface area contributed by atoms with Gasteiger partial charge in [-0.05, 0) is 109 Å². The molecule has 23 heteroatoms. The van der Waals surface area contributed by atoms with Crippen LogP contribution in [0, 0.1) is 34.6 Å². The number of aromatic carboxylic acids is 1. The van der Waals surface area contributed by atoms with Crippen LogP contribution in [0.5, 0.6) is 0 Å². The number of H-pyrrole nitrogens is 2. The minimum atomic E-state index is -3.59. The van der Waals surface area contributed by atoms with Gasteiger partial charge >= 0.3 is 5.97 Å². The number of likely N-dealkylation sites (tertiary alicyclic amines) is 1. The molecule has 6 N–H and O–H groups in total. The van der Waals surface area contributed by atoms with Crippen molar-refractivity contribution in [1.29, 1.82) is 0 Å². The van der Waals surface area contributed by atoms with Gasteiger partial charge in [0.2, 0.25) is 20.0 Å². The molecule has 6 aromatic rings. The molecule has 66 heavy (non-hydrogen) atoms. The molecular formula is C43H52Cl2N10O9S2. The molecule has 4 aromatic heterocycles. The molecule has 0 radical (unpaired) electrons. The van der Waals surface area contributed by atoms with Crippen molar-refractivity contribution in [3.05, 3.63) is 124 Å². The quantitative estimate of drug-likeness (QED) is 0.0996. The van der Waals surface area contributed by atoms with E-state index in [9.17, 15) is 36.0 Å². The molecule has 0 spiro atoms. The third kappa shape index (κ3) is 11.6. The van der Waals surface area contributed by atoms with Gasteiger partial charge in [0.25, 0.3) is 17.0 Å². The molecule has 6 heterocycles. The van der Waals surface area contributed by atoms with Gasteiger partial charge in [0.05, 0.1) is 52.4 Å². The molecule has 0 saturated carbocycles. The highest BCUT2D eigenvalue weighted by Gasteiger charge is 2.32. The van der Waals surface area contributed by atoms with E-state index >= 15 is 0 Å². The average Bonchev–Trinajstić information content (AvgIpc) is 3.88. The number of aryl methyl sites for hydroxylation is 3. The number of hydrogen-bond acceptors (Lipinski definition) is 11. The van der Waals surface area contributed by atoms with Crippen LogP contribution in [0.3, 0.4) is 0 Å². The fourth-order valence-corrected chi connectivity index (χ4v) is 9.47. The molecule has 2 aromatic carbocycles. The second-order valence-corrected chi connectivity index (χ2v) is 20.8. The van der Waals surface area contributed by atoms with Crippen LogP contribution in [0.25, 0.3) is 11.3 Å². The summed E-state index contributed by atoms with van der Waals surface area (Å²) in [6, 6.07) is 10.9. The number of carbonyl (C=O) groups excluding carboxylic acids is 1. The smallest absolute Gasteiger partial charge is 0.337 e. The molecule has 0 aliphatic carbocycles. The second-order valence-electron chi connectivity index (χ2n) is 16.5. The molecule has 2 aliphatic heterocycles. The maximum Gasteiger partial charge on any atom is 0.337 e. The first-order chi connectivity index (χ1) is 30.9. The Labute approximate surface area is 391 Å². The van der Waals surface area contributed by atoms with Crippen LogP contribution in [-0.2, 0) is 20.0 Å². The van der Waals surface area contributed by atoms with Gasteiger partial charge in [0, 0.05) is 57.3 Å². The maximum atomic E-state index is 13.6. The van der Waals surface area contributed by atoms with Crippen LogP contribution >= 0.6 is 23.2 Å². The summed E-state index contributed by atoms with van der Waals surface area (Å²) in [4.78, 5) is 59.9. The number of sulfonamides is 2. The van der Waals surface area contributed by atoms with Crippen LogP contribution < -0.4 is 25.9 Å². The number of piperidine rings is 2. The zero-order chi connectivity index (χ0) is 48.4. The van der Waals surface area contributed by atoms with Gasteiger partial charge < -0.3 is 15.3 Å². The number of rotatable bonds is 8. The lowest BCUT2D eigenvalue weighted by Gasteiger charge is -2.35. The Morgan fingerprint density at radius 2 is 1.29 bits per heavy atom. The zero-order valence-corrected chi connectivity index (χ0v) is 40.5. The predicted octanol–water partition coefficient (Wildman–Crippen LogP) is 6.20. The zero-order valence-electron chi connectivity index (χ0n) is 37.4. The van der Waals surface area contributed by atoms with E-state index < -0.39 is 26.0 Å². The second kappa shape index (κ2) is 20.0. The van der Waals surface area contributed by atoms with Crippen LogP contribution in [0.4, 0.5) is 11.4 Å². The minimum Gasteiger partial charge on any atom is -0.478 e. The van der Waals surface area contributed by atoms with E-state index in [1.807, 2.05) is 19.9 Å². The molecule has 354 valence electrons. The molecule has 0 bridgehead atoms. The number of benzene rings is 2. The summed E-state index contributed by atoms with van der Waals surface area (Å²) in [7, 11) is -7.11. The van der Waals surface area contributed by atoms with Crippen molar-refractivity contribution in [2.45, 2.75) is 85.2 Å². The van der Waals surface area contributed by atoms with E-state index in [4.69, 9.17) is 28.3 Å². The molecule has 2 aliphatic rings. The van der Waals surface area contributed by atoms with Crippen molar-refractivity contribution in [3.8, 4) is 0 Å². The number of halogens is 2. The molecule has 2 atom stereocenters. The number of carboxylic acid groups (broad SMARTS) is 1. The Morgan fingerprint density at radius 3 is 1.85 bits per heavy atom. The maximum absolute atomic E-state index is 13.6. The van der Waals surface area contributed by atoms with Gasteiger partial charge in [-0.1, -0.05) is 29.6 Å². The van der Waals surface area contributed by atoms with E-state index in [1.165, 1.54) is 47.7 Å². The van der Waals surface area contributed by atoms with Crippen molar-refractivity contribution in [1.82, 2.24) is 39.4 Å². The Bertz CT molecular complexity index is 3190. The SMILES string of the molecule is Cc1cc(Cl)cc(C(=O)O)c1NS(C)(=O)=O.Cc1nc2cc([C@@H]3CCCCN3)[nH]n2c(=O)c1C.Cc1nc2cc([C@@H]3CCCCN3C(=O)c3cc(Cl)ccc3NS(C)(=O)=O)[nH]n2c(=O)c1C. The van der Waals surface area contributed by atoms with Crippen molar-refractivity contribution >= 4 is 77.8 Å². The third-order valence-electron chi connectivity index (χ3n) is 11.3. The largest absolute Gasteiger partial charge is 0.478 e. The number of nitrogens with one attached hydrogen (secondary N) is 5. The van der Waals surface area contributed by atoms with Crippen LogP contribution in [-0.4, -0.2) is 93.5 Å². The summed E-state index contributed by atoms with van der Waals surface area (Å²) < 4.78 is 53.2. The lowest BCUT2D eigenvalue weighted by atomic mass is 9.98. The first-order valence-corrected chi connectivity index (χ1v) is 25.5. The first-order valence-electron chi connectivity index (χ1n) is 20.9. The standard InChI is InChI=1S/C21H24ClN5O4S.C13H18N4O.C9H10ClNO4S/c1-12-13(2)23-19-11-17(24-27(19)20(12)28)18-6-4-5-9-26(18)21(29)15-10-14(22)7-8-16(15)25-32(3,30)31;1-8-9(2)15-12-7-11(16-17(12)13(8)18)10-5-3-4-6-14-10;1-5-3-6(10)4-7(9(12)13)8(5)11-16(2,14)15/h7-8,10-11,18,24-25H,4-6,9H2,1-3H3;7,10,14,16H,3-6H2,1-2H3;3-4,11H,1-2H3,(H,12,13)/t18-;10-;/m00./s1. The van der Waals surface area contributed by atoms with E-state index in [2.05, 4.69) is 34.9 Å². The van der Waals surface area contributed by atoms with Gasteiger partial charge in [0.15, 0.2) is 11.3 Å². The fourth-order valence-electron chi connectivity index (χ4n) is 7.81. The molecule has 2 saturated heterocycles. The Kier molecular flexibility index (Phi) is 15.1. The summed E-state index contributed by atoms with van der Waals surface area (Å²) in [5.41, 5.74) is 6.19. The number of amides is 1. The Morgan fingerprint density at radius 1 is 0.727 bits per heavy atom. The van der Waals surface area contributed by atoms with Gasteiger partial charge in [-0.25, -0.2) is 40.6 Å². The number of aromatic nitrogens is 6. The summed E-state index contributed by atoms with van der Waals surface area (Å²) in [5, 5.41) is 19.3. The van der Waals surface area contributed by atoms with E-state index in [1.54, 1.807) is 36.3 Å². The van der Waals surface area contributed by atoms with E-state index in [-0.39, 0.29) is 50.6 Å². The summed E-state index contributed by atoms with van der Waals surface area (Å²) in [6.07, 6.45) is 7.97. The number of hydrogen-bond donors (Lipinski definition) is 6. The molecule has 2 fully saturated rings. The third-order valence-corrected chi connectivity index (χ3v) is 13.0. The van der Waals surface area contributed by atoms with Gasteiger partial charge in [0.1, 0.15) is 0 Å². The van der Waals surface area contributed by atoms with E-state index in [0.717, 1.165) is 49.7 Å². The molecular weight excluding hydrogens is 936 g/mol. The predicted molar refractivity (Wildman–Crippen MR) is 254 cm³/mol. The van der Waals surface area contributed by atoms with Crippen molar-refractivity contribution < 1.29 is 31.5 Å². The number of aromatic amines is 2. The number of carbonyl (C=O) groups is 2. The van der Waals surface area contributed by atoms with Crippen LogP contribution in [0.1, 0.15) is 111 Å². The fraction of sp³-hybridized carbons (Fsp3) is 0.395. The lowest BCUT2D eigenvalue weighted by molar-refractivity contribution is 0.0606. The topological polar surface area (TPSA) is 262 Å². The normalized spacial score (nSPS) is 16.5. The van der Waals surface area contributed by atoms with Crippen molar-refractivity contribution in [3.63, 3.8) is 0 Å². The molecule has 1 amide bonds. The molecule has 0 unspecified atom stereocenters. The highest BCUT2D eigenvalue weighted by molar-refractivity contribution is 7.92. The van der Waals surface area contributed by atoms with Gasteiger partial charge in [-0.15, -0.1) is 0 Å². The van der Waals surface area contributed by atoms with E-state index in [0.29, 0.717) is 63.4 Å². The highest BCUT2D eigenvalue weighted by atomic mass is 35.5. The van der Waals surface area contributed by atoms with Crippen molar-refractivity contribution in [2.24, 2.45) is 0 Å². The first kappa shape index (κ1) is 49.7. The monoisotopic (exact) mass is 986 g/mol. The highest BCUT2D eigenvalue weighted by Crippen LogP contribution is 2.34. The summed E-state index contributed by atoms with van der Waals surface area (Å²) >= 11 is 11.8. The lowest BCUT2D eigenvalue weighted by Crippen LogP contribution is -2.39. The molecule has 8 rings (SSSR count). The summed E-state index contributed by atoms with van der Waals surface area (Å²) in [5.74, 6) is -1.58. The van der Waals surface area contributed by atoms with Crippen LogP contribution in [0.15, 0.2) is 52.1 Å². The van der Waals surface area contributed by atoms with Gasteiger partial charge in [-0.3, -0.25) is 34.0 Å². The van der Waals surface area contributed by atoms with Crippen LogP contribution in [0.2, 0.25) is 10.0 Å². The minimum absolute atomic E-state index is 0.000408. The summed E-state index contributed by atoms with van der Waals surface area (Å²) in [6.45, 7) is 10.3. The number of carboxylic acids is 1. The number of anilines is 2. The average molecular weight is 988 g/mol. The Balaban J connectivity index is 0.000000179.